The van der Waals surface area contributed by atoms with E-state index < -0.39 is 17.2 Å². The highest BCUT2D eigenvalue weighted by Gasteiger charge is 2.11. The summed E-state index contributed by atoms with van der Waals surface area (Å²) in [5.41, 5.74) is 1.07. The van der Waals surface area contributed by atoms with E-state index in [0.29, 0.717) is 16.6 Å². The van der Waals surface area contributed by atoms with Crippen LogP contribution in [0.15, 0.2) is 71.0 Å². The summed E-state index contributed by atoms with van der Waals surface area (Å²) in [7, 11) is 0. The topological polar surface area (TPSA) is 65.1 Å². The van der Waals surface area contributed by atoms with Gasteiger partial charge in [0, 0.05) is 0 Å². The van der Waals surface area contributed by atoms with Crippen molar-refractivity contribution >= 4 is 17.2 Å². The molecule has 128 valence electrons. The lowest BCUT2D eigenvalue weighted by atomic mass is 10.2. The molecule has 6 nitrogen and oxygen atoms in total. The predicted octanol–water partition coefficient (Wildman–Crippen LogP) is 2.74. The van der Waals surface area contributed by atoms with Gasteiger partial charge in [0.25, 0.3) is 5.56 Å². The molecule has 4 aromatic rings. The van der Waals surface area contributed by atoms with Crippen molar-refractivity contribution < 1.29 is 8.78 Å². The van der Waals surface area contributed by atoms with Crippen LogP contribution in [0.4, 0.5) is 8.78 Å². The smallest absolute Gasteiger partial charge is 0.266 e. The highest BCUT2D eigenvalue weighted by atomic mass is 19.2. The Hall–Kier alpha value is -3.68. The van der Waals surface area contributed by atoms with Crippen molar-refractivity contribution in [1.29, 1.82) is 0 Å². The van der Waals surface area contributed by atoms with E-state index in [2.05, 4.69) is 15.2 Å². The van der Waals surface area contributed by atoms with Gasteiger partial charge in [0.15, 0.2) is 17.3 Å². The largest absolute Gasteiger partial charge is 0.285 e. The zero-order valence-corrected chi connectivity index (χ0v) is 13.3. The van der Waals surface area contributed by atoms with Gasteiger partial charge in [0.05, 0.1) is 18.1 Å². The van der Waals surface area contributed by atoms with E-state index in [1.54, 1.807) is 4.68 Å². The van der Waals surface area contributed by atoms with Crippen LogP contribution in [0.1, 0.15) is 5.56 Å². The van der Waals surface area contributed by atoms with Crippen LogP contribution in [0.25, 0.3) is 16.7 Å². The summed E-state index contributed by atoms with van der Waals surface area (Å²) in [6.45, 7) is 0. The first-order chi connectivity index (χ1) is 12.6. The molecule has 2 aromatic carbocycles. The molecule has 0 aliphatic carbocycles. The van der Waals surface area contributed by atoms with Gasteiger partial charge < -0.3 is 0 Å². The molecule has 0 N–H and O–H groups in total. The summed E-state index contributed by atoms with van der Waals surface area (Å²) in [5.74, 6) is -1.94. The quantitative estimate of drug-likeness (QED) is 0.533. The van der Waals surface area contributed by atoms with E-state index in [9.17, 15) is 13.6 Å². The van der Waals surface area contributed by atoms with Gasteiger partial charge in [-0.2, -0.15) is 14.9 Å². The average Bonchev–Trinajstić information content (AvgIpc) is 3.09. The molecular formula is C18H11F2N5O. The second-order valence-electron chi connectivity index (χ2n) is 5.44. The highest BCUT2D eigenvalue weighted by molar-refractivity contribution is 5.79. The molecule has 8 heteroatoms. The van der Waals surface area contributed by atoms with Crippen LogP contribution in [-0.2, 0) is 0 Å². The second kappa shape index (κ2) is 6.32. The molecule has 0 saturated heterocycles. The van der Waals surface area contributed by atoms with E-state index >= 15 is 0 Å². The third-order valence-corrected chi connectivity index (χ3v) is 3.75. The van der Waals surface area contributed by atoms with Crippen LogP contribution in [-0.4, -0.2) is 25.7 Å². The Labute approximate surface area is 145 Å². The molecule has 0 saturated carbocycles. The third-order valence-electron chi connectivity index (χ3n) is 3.75. The fourth-order valence-electron chi connectivity index (χ4n) is 2.46. The van der Waals surface area contributed by atoms with Gasteiger partial charge in [-0.1, -0.05) is 24.3 Å². The average molecular weight is 351 g/mol. The first-order valence-electron chi connectivity index (χ1n) is 7.64. The first kappa shape index (κ1) is 15.8. The maximum absolute atomic E-state index is 13.2. The van der Waals surface area contributed by atoms with Crippen molar-refractivity contribution in [1.82, 2.24) is 19.4 Å². The van der Waals surface area contributed by atoms with Gasteiger partial charge in [-0.25, -0.2) is 18.4 Å². The van der Waals surface area contributed by atoms with E-state index in [0.717, 1.165) is 22.5 Å². The minimum atomic E-state index is -0.987. The monoisotopic (exact) mass is 351 g/mol. The Balaban J connectivity index is 1.74. The molecule has 0 spiro atoms. The number of hydrogen-bond acceptors (Lipinski definition) is 4. The number of para-hydroxylation sites is 1. The van der Waals surface area contributed by atoms with Crippen molar-refractivity contribution in [3.05, 3.63) is 88.6 Å². The van der Waals surface area contributed by atoms with E-state index in [1.165, 1.54) is 24.8 Å². The van der Waals surface area contributed by atoms with Crippen LogP contribution in [0.2, 0.25) is 0 Å². The van der Waals surface area contributed by atoms with Crippen LogP contribution in [0.5, 0.6) is 0 Å². The summed E-state index contributed by atoms with van der Waals surface area (Å²) >= 11 is 0. The molecule has 26 heavy (non-hydrogen) atoms. The lowest BCUT2D eigenvalue weighted by Gasteiger charge is -2.02. The van der Waals surface area contributed by atoms with Crippen molar-refractivity contribution in [2.75, 3.05) is 0 Å². The Kier molecular flexibility index (Phi) is 3.85. The molecular weight excluding hydrogens is 340 g/mol. The Morgan fingerprint density at radius 2 is 1.85 bits per heavy atom. The number of benzene rings is 2. The highest BCUT2D eigenvalue weighted by Crippen LogP contribution is 2.13. The molecule has 0 bridgehead atoms. The molecule has 0 atom stereocenters. The minimum Gasteiger partial charge on any atom is -0.266 e. The van der Waals surface area contributed by atoms with Crippen LogP contribution in [0.3, 0.4) is 0 Å². The number of nitrogens with zero attached hydrogens (tertiary/aromatic N) is 5. The summed E-state index contributed by atoms with van der Waals surface area (Å²) in [6, 6.07) is 12.6. The maximum atomic E-state index is 13.2. The van der Waals surface area contributed by atoms with Crippen molar-refractivity contribution in [2.24, 2.45) is 5.10 Å². The zero-order valence-electron chi connectivity index (χ0n) is 13.3. The van der Waals surface area contributed by atoms with Gasteiger partial charge in [-0.3, -0.25) is 4.79 Å². The fourth-order valence-corrected chi connectivity index (χ4v) is 2.46. The summed E-state index contributed by atoms with van der Waals surface area (Å²) in [4.78, 5) is 16.8. The van der Waals surface area contributed by atoms with Crippen molar-refractivity contribution in [3.8, 4) is 5.69 Å². The van der Waals surface area contributed by atoms with Gasteiger partial charge in [-0.05, 0) is 29.8 Å². The molecule has 2 heterocycles. The molecule has 0 amide bonds. The Morgan fingerprint density at radius 1 is 1.04 bits per heavy atom. The number of hydrogen-bond donors (Lipinski definition) is 0. The number of aromatic nitrogens is 4. The zero-order chi connectivity index (χ0) is 18.1. The van der Waals surface area contributed by atoms with Crippen LogP contribution >= 0.6 is 0 Å². The molecule has 0 unspecified atom stereocenters. The number of rotatable bonds is 3. The summed E-state index contributed by atoms with van der Waals surface area (Å²) < 4.78 is 28.7. The number of halogens is 2. The van der Waals surface area contributed by atoms with Gasteiger partial charge in [0.1, 0.15) is 11.7 Å². The van der Waals surface area contributed by atoms with E-state index in [4.69, 9.17) is 0 Å². The maximum Gasteiger partial charge on any atom is 0.285 e. The lowest BCUT2D eigenvalue weighted by Crippen LogP contribution is -2.17. The van der Waals surface area contributed by atoms with Crippen molar-refractivity contribution in [2.45, 2.75) is 0 Å². The second-order valence-corrected chi connectivity index (χ2v) is 5.44. The molecule has 0 aliphatic rings. The SMILES string of the molecule is O=c1c2cnn(-c3ccccc3)c2ncn1/N=C\c1ccc(F)c(F)c1. The van der Waals surface area contributed by atoms with Gasteiger partial charge >= 0.3 is 0 Å². The minimum absolute atomic E-state index is 0.291. The first-order valence-corrected chi connectivity index (χ1v) is 7.64. The van der Waals surface area contributed by atoms with E-state index in [1.807, 2.05) is 30.3 Å². The molecule has 0 aliphatic heterocycles. The standard InChI is InChI=1S/C18H11F2N5O/c19-15-7-6-12(8-16(15)20)9-22-24-11-21-17-14(18(24)26)10-23-25(17)13-4-2-1-3-5-13/h1-11H/b22-9-. The Morgan fingerprint density at radius 3 is 2.62 bits per heavy atom. The fraction of sp³-hybridized carbons (Fsp3) is 0. The number of fused-ring (bicyclic) bond motifs is 1. The summed E-state index contributed by atoms with van der Waals surface area (Å²) in [5, 5.41) is 8.46. The van der Waals surface area contributed by atoms with Crippen LogP contribution < -0.4 is 5.56 Å². The molecule has 4 rings (SSSR count). The van der Waals surface area contributed by atoms with Gasteiger partial charge in [-0.15, -0.1) is 0 Å². The van der Waals surface area contributed by atoms with E-state index in [-0.39, 0.29) is 0 Å². The normalized spacial score (nSPS) is 11.5. The van der Waals surface area contributed by atoms with Crippen LogP contribution in [0, 0.1) is 11.6 Å². The van der Waals surface area contributed by atoms with Gasteiger partial charge in [0.2, 0.25) is 0 Å². The molecule has 0 radical (unpaired) electrons. The summed E-state index contributed by atoms with van der Waals surface area (Å²) in [6.07, 6.45) is 3.92. The molecule has 0 fully saturated rings. The van der Waals surface area contributed by atoms with Crippen molar-refractivity contribution in [3.63, 3.8) is 0 Å². The lowest BCUT2D eigenvalue weighted by molar-refractivity contribution is 0.508. The molecule has 2 aromatic heterocycles. The third kappa shape index (κ3) is 2.77. The Bertz CT molecular complexity index is 1180. The predicted molar refractivity (Wildman–Crippen MR) is 92.5 cm³/mol.